The van der Waals surface area contributed by atoms with Crippen LogP contribution in [-0.4, -0.2) is 40.6 Å². The Bertz CT molecular complexity index is 510. The van der Waals surface area contributed by atoms with Gasteiger partial charge in [0.2, 0.25) is 5.67 Å². The predicted octanol–water partition coefficient (Wildman–Crippen LogP) is 2.04. The van der Waals surface area contributed by atoms with Gasteiger partial charge in [-0.2, -0.15) is 0 Å². The van der Waals surface area contributed by atoms with Crippen molar-refractivity contribution in [2.75, 3.05) is 13.1 Å². The van der Waals surface area contributed by atoms with Crippen molar-refractivity contribution >= 4 is 11.9 Å². The fourth-order valence-corrected chi connectivity index (χ4v) is 2.24. The Kier molecular flexibility index (Phi) is 3.34. The van der Waals surface area contributed by atoms with Gasteiger partial charge in [-0.05, 0) is 6.07 Å². The average molecular weight is 269 g/mol. The lowest BCUT2D eigenvalue weighted by Gasteiger charge is -2.18. The van der Waals surface area contributed by atoms with Crippen LogP contribution in [0.5, 0.6) is 0 Å². The molecule has 1 atom stereocenters. The van der Waals surface area contributed by atoms with Gasteiger partial charge in [-0.1, -0.05) is 13.8 Å². The molecule has 0 bridgehead atoms. The maximum atomic E-state index is 13.9. The summed E-state index contributed by atoms with van der Waals surface area (Å²) in [7, 11) is 0. The normalized spacial score (nSPS) is 23.1. The summed E-state index contributed by atoms with van der Waals surface area (Å²) in [5.41, 5.74) is -1.96. The first-order chi connectivity index (χ1) is 8.85. The molecule has 1 aromatic rings. The Morgan fingerprint density at radius 2 is 2.21 bits per heavy atom. The SMILES string of the molecule is CC(C)c1occc1C(=O)N1CCC(F)(C(=O)O)C1. The number of amides is 1. The van der Waals surface area contributed by atoms with E-state index in [4.69, 9.17) is 9.52 Å². The number of hydrogen-bond acceptors (Lipinski definition) is 3. The Morgan fingerprint density at radius 1 is 1.53 bits per heavy atom. The lowest BCUT2D eigenvalue weighted by atomic mass is 10.1. The molecule has 1 saturated heterocycles. The Morgan fingerprint density at radius 3 is 2.74 bits per heavy atom. The number of hydrogen-bond donors (Lipinski definition) is 1. The van der Waals surface area contributed by atoms with E-state index in [1.807, 2.05) is 13.8 Å². The second kappa shape index (κ2) is 4.68. The maximum Gasteiger partial charge on any atom is 0.343 e. The summed E-state index contributed by atoms with van der Waals surface area (Å²) < 4.78 is 19.2. The Labute approximate surface area is 110 Å². The van der Waals surface area contributed by atoms with Gasteiger partial charge < -0.3 is 14.4 Å². The van der Waals surface area contributed by atoms with Gasteiger partial charge in [0.05, 0.1) is 18.4 Å². The fraction of sp³-hybridized carbons (Fsp3) is 0.538. The first kappa shape index (κ1) is 13.6. The van der Waals surface area contributed by atoms with Crippen molar-refractivity contribution < 1.29 is 23.5 Å². The van der Waals surface area contributed by atoms with Crippen molar-refractivity contribution in [3.63, 3.8) is 0 Å². The van der Waals surface area contributed by atoms with Crippen LogP contribution in [-0.2, 0) is 4.79 Å². The number of furan rings is 1. The molecule has 1 unspecified atom stereocenters. The number of carboxylic acid groups (broad SMARTS) is 1. The quantitative estimate of drug-likeness (QED) is 0.911. The van der Waals surface area contributed by atoms with Gasteiger partial charge in [-0.3, -0.25) is 4.79 Å². The number of carbonyl (C=O) groups excluding carboxylic acids is 1. The van der Waals surface area contributed by atoms with Crippen LogP contribution in [0.1, 0.15) is 42.3 Å². The first-order valence-corrected chi connectivity index (χ1v) is 6.14. The Hall–Kier alpha value is -1.85. The van der Waals surface area contributed by atoms with Gasteiger partial charge in [-0.25, -0.2) is 9.18 Å². The third kappa shape index (κ3) is 2.34. The van der Waals surface area contributed by atoms with E-state index >= 15 is 0 Å². The highest BCUT2D eigenvalue weighted by Crippen LogP contribution is 2.29. The highest BCUT2D eigenvalue weighted by atomic mass is 19.1. The molecule has 1 fully saturated rings. The molecule has 2 heterocycles. The van der Waals surface area contributed by atoms with Crippen LogP contribution in [0.3, 0.4) is 0 Å². The third-order valence-electron chi connectivity index (χ3n) is 3.34. The predicted molar refractivity (Wildman–Crippen MR) is 64.8 cm³/mol. The van der Waals surface area contributed by atoms with E-state index in [9.17, 15) is 14.0 Å². The second-order valence-corrected chi connectivity index (χ2v) is 5.10. The molecule has 19 heavy (non-hydrogen) atoms. The minimum atomic E-state index is -2.34. The molecule has 1 aliphatic rings. The topological polar surface area (TPSA) is 70.8 Å². The zero-order chi connectivity index (χ0) is 14.2. The van der Waals surface area contributed by atoms with Gasteiger partial charge in [-0.15, -0.1) is 0 Å². The molecule has 0 spiro atoms. The number of rotatable bonds is 3. The summed E-state index contributed by atoms with van der Waals surface area (Å²) in [6, 6.07) is 1.54. The monoisotopic (exact) mass is 269 g/mol. The standard InChI is InChI=1S/C13H16FNO4/c1-8(2)10-9(3-6-19-10)11(16)15-5-4-13(14,7-15)12(17)18/h3,6,8H,4-5,7H2,1-2H3,(H,17,18). The lowest BCUT2D eigenvalue weighted by molar-refractivity contribution is -0.149. The number of aliphatic carboxylic acids is 1. The van der Waals surface area contributed by atoms with E-state index in [1.165, 1.54) is 17.2 Å². The molecule has 1 aromatic heterocycles. The zero-order valence-electron chi connectivity index (χ0n) is 10.9. The van der Waals surface area contributed by atoms with Crippen molar-refractivity contribution in [3.05, 3.63) is 23.7 Å². The zero-order valence-corrected chi connectivity index (χ0v) is 10.9. The number of alkyl halides is 1. The molecule has 104 valence electrons. The average Bonchev–Trinajstić information content (AvgIpc) is 2.95. The molecule has 1 N–H and O–H groups in total. The molecule has 0 aromatic carbocycles. The summed E-state index contributed by atoms with van der Waals surface area (Å²) in [4.78, 5) is 24.3. The van der Waals surface area contributed by atoms with Crippen LogP contribution in [0.15, 0.2) is 16.7 Å². The molecule has 0 radical (unpaired) electrons. The van der Waals surface area contributed by atoms with Crippen LogP contribution in [0, 0.1) is 0 Å². The number of likely N-dealkylation sites (tertiary alicyclic amines) is 1. The van der Waals surface area contributed by atoms with E-state index in [0.717, 1.165) is 0 Å². The highest BCUT2D eigenvalue weighted by molar-refractivity contribution is 5.96. The minimum Gasteiger partial charge on any atom is -0.479 e. The Balaban J connectivity index is 2.18. The lowest BCUT2D eigenvalue weighted by Crippen LogP contribution is -2.39. The van der Waals surface area contributed by atoms with Gasteiger partial charge in [0.15, 0.2) is 0 Å². The highest BCUT2D eigenvalue weighted by Gasteiger charge is 2.47. The molecule has 0 saturated carbocycles. The maximum absolute atomic E-state index is 13.9. The third-order valence-corrected chi connectivity index (χ3v) is 3.34. The number of carboxylic acids is 1. The van der Waals surface area contributed by atoms with Gasteiger partial charge in [0, 0.05) is 18.9 Å². The fourth-order valence-electron chi connectivity index (χ4n) is 2.24. The molecule has 6 heteroatoms. The smallest absolute Gasteiger partial charge is 0.343 e. The summed E-state index contributed by atoms with van der Waals surface area (Å²) >= 11 is 0. The number of carbonyl (C=O) groups is 2. The van der Waals surface area contributed by atoms with E-state index in [2.05, 4.69) is 0 Å². The molecular weight excluding hydrogens is 253 g/mol. The van der Waals surface area contributed by atoms with Crippen LogP contribution in [0.4, 0.5) is 4.39 Å². The van der Waals surface area contributed by atoms with Crippen molar-refractivity contribution in [2.24, 2.45) is 0 Å². The number of nitrogens with zero attached hydrogens (tertiary/aromatic N) is 1. The van der Waals surface area contributed by atoms with Crippen molar-refractivity contribution in [1.29, 1.82) is 0 Å². The summed E-state index contributed by atoms with van der Waals surface area (Å²) in [5, 5.41) is 8.81. The molecule has 1 aliphatic heterocycles. The molecule has 5 nitrogen and oxygen atoms in total. The molecule has 1 amide bonds. The second-order valence-electron chi connectivity index (χ2n) is 5.10. The van der Waals surface area contributed by atoms with Crippen molar-refractivity contribution in [2.45, 2.75) is 31.9 Å². The van der Waals surface area contributed by atoms with Gasteiger partial charge in [0.1, 0.15) is 5.76 Å². The van der Waals surface area contributed by atoms with E-state index < -0.39 is 18.2 Å². The largest absolute Gasteiger partial charge is 0.479 e. The summed E-state index contributed by atoms with van der Waals surface area (Å²) in [6.07, 6.45) is 1.24. The minimum absolute atomic E-state index is 0.0335. The van der Waals surface area contributed by atoms with Crippen LogP contribution >= 0.6 is 0 Å². The van der Waals surface area contributed by atoms with Gasteiger partial charge in [0.25, 0.3) is 5.91 Å². The van der Waals surface area contributed by atoms with E-state index in [0.29, 0.717) is 11.3 Å². The van der Waals surface area contributed by atoms with Gasteiger partial charge >= 0.3 is 5.97 Å². The van der Waals surface area contributed by atoms with Crippen LogP contribution in [0.25, 0.3) is 0 Å². The summed E-state index contributed by atoms with van der Waals surface area (Å²) in [6.45, 7) is 3.46. The first-order valence-electron chi connectivity index (χ1n) is 6.14. The molecular formula is C13H16FNO4. The van der Waals surface area contributed by atoms with E-state index in [-0.39, 0.29) is 24.8 Å². The summed E-state index contributed by atoms with van der Waals surface area (Å²) in [5.74, 6) is -1.32. The van der Waals surface area contributed by atoms with Crippen molar-refractivity contribution in [3.8, 4) is 0 Å². The van der Waals surface area contributed by atoms with Crippen LogP contribution in [0.2, 0.25) is 0 Å². The van der Waals surface area contributed by atoms with Crippen molar-refractivity contribution in [1.82, 2.24) is 4.90 Å². The number of halogens is 1. The van der Waals surface area contributed by atoms with E-state index in [1.54, 1.807) is 0 Å². The van der Waals surface area contributed by atoms with Crippen LogP contribution < -0.4 is 0 Å². The molecule has 0 aliphatic carbocycles. The molecule has 2 rings (SSSR count).